The van der Waals surface area contributed by atoms with Gasteiger partial charge in [-0.1, -0.05) is 12.1 Å². The molecule has 1 fully saturated rings. The number of nitrogens with zero attached hydrogens (tertiary/aromatic N) is 2. The van der Waals surface area contributed by atoms with E-state index in [1.54, 1.807) is 19.9 Å². The lowest BCUT2D eigenvalue weighted by molar-refractivity contribution is -0.387. The van der Waals surface area contributed by atoms with E-state index in [0.29, 0.717) is 25.2 Å². The largest absolute Gasteiger partial charge is 0.314 e. The Labute approximate surface area is 117 Å². The summed E-state index contributed by atoms with van der Waals surface area (Å²) in [7, 11) is -3.87. The molecule has 0 radical (unpaired) electrons. The Hall–Kier alpha value is -1.51. The van der Waals surface area contributed by atoms with Crippen molar-refractivity contribution in [2.45, 2.75) is 24.8 Å². The predicted molar refractivity (Wildman–Crippen MR) is 74.1 cm³/mol. The Balaban J connectivity index is 2.57. The molecule has 1 aromatic rings. The first-order chi connectivity index (χ1) is 9.35. The smallest absolute Gasteiger partial charge is 0.289 e. The highest BCUT2D eigenvalue weighted by atomic mass is 32.2. The van der Waals surface area contributed by atoms with Crippen LogP contribution in [0.5, 0.6) is 0 Å². The van der Waals surface area contributed by atoms with Gasteiger partial charge in [-0.25, -0.2) is 8.42 Å². The fraction of sp³-hybridized carbons (Fsp3) is 0.500. The van der Waals surface area contributed by atoms with E-state index in [9.17, 15) is 18.5 Å². The third kappa shape index (κ3) is 2.54. The summed E-state index contributed by atoms with van der Waals surface area (Å²) in [5.74, 6) is 0. The lowest BCUT2D eigenvalue weighted by Gasteiger charge is -2.33. The summed E-state index contributed by atoms with van der Waals surface area (Å²) in [4.78, 5) is 10.3. The van der Waals surface area contributed by atoms with Crippen molar-refractivity contribution in [3.8, 4) is 0 Å². The Morgan fingerprint density at radius 2 is 2.15 bits per heavy atom. The van der Waals surface area contributed by atoms with Gasteiger partial charge >= 0.3 is 0 Å². The average Bonchev–Trinajstić information content (AvgIpc) is 2.38. The van der Waals surface area contributed by atoms with E-state index in [4.69, 9.17) is 0 Å². The number of hydrogen-bond acceptors (Lipinski definition) is 5. The van der Waals surface area contributed by atoms with E-state index >= 15 is 0 Å². The van der Waals surface area contributed by atoms with E-state index in [0.717, 1.165) is 0 Å². The van der Waals surface area contributed by atoms with E-state index in [2.05, 4.69) is 5.32 Å². The molecule has 1 N–H and O–H groups in total. The summed E-state index contributed by atoms with van der Waals surface area (Å²) >= 11 is 0. The second kappa shape index (κ2) is 5.47. The number of nitrogens with one attached hydrogen (secondary N) is 1. The van der Waals surface area contributed by atoms with Gasteiger partial charge in [-0.2, -0.15) is 4.31 Å². The number of hydrogen-bond donors (Lipinski definition) is 1. The highest BCUT2D eigenvalue weighted by Crippen LogP contribution is 2.30. The minimum atomic E-state index is -3.87. The van der Waals surface area contributed by atoms with Gasteiger partial charge < -0.3 is 5.32 Å². The molecule has 110 valence electrons. The second-order valence-electron chi connectivity index (χ2n) is 4.85. The van der Waals surface area contributed by atoms with Crippen LogP contribution in [-0.4, -0.2) is 43.3 Å². The van der Waals surface area contributed by atoms with Gasteiger partial charge in [0.2, 0.25) is 0 Å². The second-order valence-corrected chi connectivity index (χ2v) is 6.68. The van der Waals surface area contributed by atoms with Crippen LogP contribution in [0.3, 0.4) is 0 Å². The van der Waals surface area contributed by atoms with Crippen LogP contribution in [-0.2, 0) is 10.0 Å². The van der Waals surface area contributed by atoms with E-state index in [1.807, 2.05) is 0 Å². The highest BCUT2D eigenvalue weighted by Gasteiger charge is 2.36. The van der Waals surface area contributed by atoms with Gasteiger partial charge in [-0.3, -0.25) is 10.1 Å². The molecule has 1 saturated heterocycles. The monoisotopic (exact) mass is 299 g/mol. The van der Waals surface area contributed by atoms with Gasteiger partial charge in [0.25, 0.3) is 15.7 Å². The van der Waals surface area contributed by atoms with Gasteiger partial charge in [-0.05, 0) is 19.4 Å². The maximum Gasteiger partial charge on any atom is 0.289 e. The van der Waals surface area contributed by atoms with Gasteiger partial charge in [0.15, 0.2) is 4.90 Å². The van der Waals surface area contributed by atoms with Crippen molar-refractivity contribution >= 4 is 15.7 Å². The minimum Gasteiger partial charge on any atom is -0.314 e. The van der Waals surface area contributed by atoms with Gasteiger partial charge in [0, 0.05) is 31.7 Å². The standard InChI is InChI=1S/C12H17N3O4S/c1-9-4-3-5-11(15(16)17)12(9)20(18,19)14-7-6-13-8-10(14)2/h3-5,10,13H,6-8H2,1-2H3/t10-/m0/s1. The highest BCUT2D eigenvalue weighted by molar-refractivity contribution is 7.89. The normalized spacial score (nSPS) is 20.8. The summed E-state index contributed by atoms with van der Waals surface area (Å²) in [6.07, 6.45) is 0. The topological polar surface area (TPSA) is 92.5 Å². The minimum absolute atomic E-state index is 0.196. The molecule has 0 aromatic heterocycles. The van der Waals surface area contributed by atoms with Crippen molar-refractivity contribution < 1.29 is 13.3 Å². The summed E-state index contributed by atoms with van der Waals surface area (Å²) in [5.41, 5.74) is 0.0284. The molecule has 0 spiro atoms. The summed E-state index contributed by atoms with van der Waals surface area (Å²) < 4.78 is 26.8. The molecule has 2 rings (SSSR count). The van der Waals surface area contributed by atoms with Gasteiger partial charge in [-0.15, -0.1) is 0 Å². The lowest BCUT2D eigenvalue weighted by Crippen LogP contribution is -2.52. The number of rotatable bonds is 3. The fourth-order valence-corrected chi connectivity index (χ4v) is 4.41. The van der Waals surface area contributed by atoms with E-state index in [1.165, 1.54) is 16.4 Å². The molecular weight excluding hydrogens is 282 g/mol. The Morgan fingerprint density at radius 3 is 2.75 bits per heavy atom. The van der Waals surface area contributed by atoms with Crippen LogP contribution in [0.15, 0.2) is 23.1 Å². The maximum absolute atomic E-state index is 12.7. The summed E-state index contributed by atoms with van der Waals surface area (Å²) in [6.45, 7) is 4.76. The van der Waals surface area contributed by atoms with Crippen LogP contribution in [0.2, 0.25) is 0 Å². The number of nitro benzene ring substituents is 1. The van der Waals surface area contributed by atoms with Crippen LogP contribution in [0.25, 0.3) is 0 Å². The molecule has 7 nitrogen and oxygen atoms in total. The van der Waals surface area contributed by atoms with Crippen molar-refractivity contribution in [1.29, 1.82) is 0 Å². The number of aryl methyl sites for hydroxylation is 1. The number of sulfonamides is 1. The molecule has 0 amide bonds. The molecule has 1 aliphatic rings. The van der Waals surface area contributed by atoms with E-state index < -0.39 is 14.9 Å². The van der Waals surface area contributed by atoms with Crippen LogP contribution < -0.4 is 5.32 Å². The molecule has 0 unspecified atom stereocenters. The van der Waals surface area contributed by atoms with Gasteiger partial charge in [0.05, 0.1) is 4.92 Å². The van der Waals surface area contributed by atoms with Crippen LogP contribution in [0.1, 0.15) is 12.5 Å². The van der Waals surface area contributed by atoms with E-state index in [-0.39, 0.29) is 16.6 Å². The summed E-state index contributed by atoms with van der Waals surface area (Å²) in [5, 5.41) is 14.2. The number of benzene rings is 1. The average molecular weight is 299 g/mol. The first-order valence-corrected chi connectivity index (χ1v) is 7.76. The zero-order valence-electron chi connectivity index (χ0n) is 11.4. The van der Waals surface area contributed by atoms with Crippen molar-refractivity contribution in [3.63, 3.8) is 0 Å². The molecule has 1 aromatic carbocycles. The molecule has 1 atom stereocenters. The third-order valence-corrected chi connectivity index (χ3v) is 5.60. The zero-order chi connectivity index (χ0) is 14.9. The zero-order valence-corrected chi connectivity index (χ0v) is 12.2. The Kier molecular flexibility index (Phi) is 4.07. The maximum atomic E-state index is 12.7. The Bertz CT molecular complexity index is 630. The quantitative estimate of drug-likeness (QED) is 0.661. The van der Waals surface area contributed by atoms with Crippen molar-refractivity contribution in [1.82, 2.24) is 9.62 Å². The molecule has 1 aliphatic heterocycles. The summed E-state index contributed by atoms with van der Waals surface area (Å²) in [6, 6.07) is 4.07. The van der Waals surface area contributed by atoms with Crippen LogP contribution in [0.4, 0.5) is 5.69 Å². The molecule has 8 heteroatoms. The SMILES string of the molecule is Cc1cccc([N+](=O)[O-])c1S(=O)(=O)N1CCNC[C@@H]1C. The first-order valence-electron chi connectivity index (χ1n) is 6.32. The fourth-order valence-electron chi connectivity index (χ4n) is 2.41. The van der Waals surface area contributed by atoms with Crippen LogP contribution in [0, 0.1) is 17.0 Å². The van der Waals surface area contributed by atoms with Crippen molar-refractivity contribution in [2.24, 2.45) is 0 Å². The molecule has 0 saturated carbocycles. The lowest BCUT2D eigenvalue weighted by atomic mass is 10.2. The van der Waals surface area contributed by atoms with Gasteiger partial charge in [0.1, 0.15) is 0 Å². The number of piperazine rings is 1. The molecular formula is C12H17N3O4S. The predicted octanol–water partition coefficient (Wildman–Crippen LogP) is 0.886. The first kappa shape index (κ1) is 14.9. The Morgan fingerprint density at radius 1 is 1.45 bits per heavy atom. The molecule has 1 heterocycles. The molecule has 20 heavy (non-hydrogen) atoms. The third-order valence-electron chi connectivity index (χ3n) is 3.39. The molecule has 0 bridgehead atoms. The van der Waals surface area contributed by atoms with Crippen LogP contribution >= 0.6 is 0 Å². The number of nitro groups is 1. The van der Waals surface area contributed by atoms with Crippen molar-refractivity contribution in [2.75, 3.05) is 19.6 Å². The molecule has 0 aliphatic carbocycles. The van der Waals surface area contributed by atoms with Crippen molar-refractivity contribution in [3.05, 3.63) is 33.9 Å².